The highest BCUT2D eigenvalue weighted by Gasteiger charge is 2.20. The summed E-state index contributed by atoms with van der Waals surface area (Å²) in [5, 5.41) is 7.83. The average molecular weight is 264 g/mol. The SMILES string of the molecule is CN(C)C(=O)c1ccc(OC2CCC(N)CC2)nn1. The van der Waals surface area contributed by atoms with Crippen molar-refractivity contribution in [3.63, 3.8) is 0 Å². The molecule has 1 fully saturated rings. The van der Waals surface area contributed by atoms with Crippen LogP contribution in [0.4, 0.5) is 0 Å². The lowest BCUT2D eigenvalue weighted by Gasteiger charge is -2.26. The first-order valence-electron chi connectivity index (χ1n) is 6.54. The van der Waals surface area contributed by atoms with Gasteiger partial charge in [0.2, 0.25) is 5.88 Å². The maximum absolute atomic E-state index is 11.7. The predicted molar refractivity (Wildman–Crippen MR) is 70.9 cm³/mol. The molecular weight excluding hydrogens is 244 g/mol. The van der Waals surface area contributed by atoms with Gasteiger partial charge in [0.15, 0.2) is 5.69 Å². The third kappa shape index (κ3) is 3.64. The Hall–Kier alpha value is -1.69. The van der Waals surface area contributed by atoms with E-state index in [0.29, 0.717) is 17.6 Å². The molecule has 1 heterocycles. The van der Waals surface area contributed by atoms with Crippen molar-refractivity contribution in [2.75, 3.05) is 14.1 Å². The van der Waals surface area contributed by atoms with Crippen LogP contribution in [-0.2, 0) is 0 Å². The number of carbonyl (C=O) groups is 1. The standard InChI is InChI=1S/C13H20N4O2/c1-17(2)13(18)11-7-8-12(16-15-11)19-10-5-3-9(14)4-6-10/h7-10H,3-6,14H2,1-2H3. The van der Waals surface area contributed by atoms with Crippen LogP contribution in [0, 0.1) is 0 Å². The van der Waals surface area contributed by atoms with Crippen LogP contribution in [0.1, 0.15) is 36.2 Å². The monoisotopic (exact) mass is 264 g/mol. The van der Waals surface area contributed by atoms with Crippen LogP contribution in [0.25, 0.3) is 0 Å². The molecule has 0 bridgehead atoms. The normalized spacial score (nSPS) is 22.9. The van der Waals surface area contributed by atoms with Gasteiger partial charge in [0, 0.05) is 26.2 Å². The lowest BCUT2D eigenvalue weighted by atomic mass is 9.94. The Morgan fingerprint density at radius 3 is 2.47 bits per heavy atom. The van der Waals surface area contributed by atoms with Gasteiger partial charge in [0.25, 0.3) is 5.91 Å². The highest BCUT2D eigenvalue weighted by molar-refractivity contribution is 5.91. The van der Waals surface area contributed by atoms with Gasteiger partial charge in [-0.1, -0.05) is 0 Å². The Bertz CT molecular complexity index is 425. The maximum Gasteiger partial charge on any atom is 0.273 e. The van der Waals surface area contributed by atoms with Crippen molar-refractivity contribution in [2.45, 2.75) is 37.8 Å². The molecule has 2 rings (SSSR count). The fraction of sp³-hybridized carbons (Fsp3) is 0.615. The van der Waals surface area contributed by atoms with E-state index in [2.05, 4.69) is 10.2 Å². The van der Waals surface area contributed by atoms with Crippen molar-refractivity contribution < 1.29 is 9.53 Å². The van der Waals surface area contributed by atoms with E-state index in [1.54, 1.807) is 26.2 Å². The zero-order valence-electron chi connectivity index (χ0n) is 11.4. The van der Waals surface area contributed by atoms with Gasteiger partial charge in [-0.25, -0.2) is 0 Å². The third-order valence-electron chi connectivity index (χ3n) is 3.27. The van der Waals surface area contributed by atoms with E-state index in [1.807, 2.05) is 0 Å². The van der Waals surface area contributed by atoms with Crippen molar-refractivity contribution in [3.05, 3.63) is 17.8 Å². The summed E-state index contributed by atoms with van der Waals surface area (Å²) < 4.78 is 5.74. The molecule has 0 aliphatic heterocycles. The quantitative estimate of drug-likeness (QED) is 0.874. The number of nitrogens with zero attached hydrogens (tertiary/aromatic N) is 3. The van der Waals surface area contributed by atoms with Gasteiger partial charge in [-0.05, 0) is 31.7 Å². The first-order chi connectivity index (χ1) is 9.06. The molecule has 6 nitrogen and oxygen atoms in total. The van der Waals surface area contributed by atoms with Gasteiger partial charge in [-0.3, -0.25) is 4.79 Å². The summed E-state index contributed by atoms with van der Waals surface area (Å²) in [6.45, 7) is 0. The van der Waals surface area contributed by atoms with Crippen LogP contribution < -0.4 is 10.5 Å². The minimum atomic E-state index is -0.164. The molecule has 0 unspecified atom stereocenters. The molecule has 6 heteroatoms. The molecule has 1 saturated carbocycles. The number of carbonyl (C=O) groups excluding carboxylic acids is 1. The van der Waals surface area contributed by atoms with Crippen molar-refractivity contribution in [3.8, 4) is 5.88 Å². The molecule has 1 aliphatic carbocycles. The van der Waals surface area contributed by atoms with Crippen LogP contribution >= 0.6 is 0 Å². The van der Waals surface area contributed by atoms with Gasteiger partial charge in [-0.15, -0.1) is 10.2 Å². The Kier molecular flexibility index (Phi) is 4.31. The fourth-order valence-electron chi connectivity index (χ4n) is 2.10. The molecule has 0 radical (unpaired) electrons. The Balaban J connectivity index is 1.93. The van der Waals surface area contributed by atoms with Gasteiger partial charge in [0.1, 0.15) is 6.10 Å². The third-order valence-corrected chi connectivity index (χ3v) is 3.27. The van der Waals surface area contributed by atoms with E-state index in [0.717, 1.165) is 25.7 Å². The highest BCUT2D eigenvalue weighted by atomic mass is 16.5. The first-order valence-corrected chi connectivity index (χ1v) is 6.54. The minimum absolute atomic E-state index is 0.157. The zero-order valence-corrected chi connectivity index (χ0v) is 11.4. The van der Waals surface area contributed by atoms with E-state index in [4.69, 9.17) is 10.5 Å². The number of hydrogen-bond donors (Lipinski definition) is 1. The lowest BCUT2D eigenvalue weighted by Crippen LogP contribution is -2.32. The van der Waals surface area contributed by atoms with Crippen LogP contribution in [0.15, 0.2) is 12.1 Å². The van der Waals surface area contributed by atoms with E-state index >= 15 is 0 Å². The van der Waals surface area contributed by atoms with E-state index < -0.39 is 0 Å². The molecule has 1 aromatic rings. The summed E-state index contributed by atoms with van der Waals surface area (Å²) in [6, 6.07) is 3.63. The van der Waals surface area contributed by atoms with Crippen LogP contribution in [0.2, 0.25) is 0 Å². The molecule has 0 atom stereocenters. The summed E-state index contributed by atoms with van der Waals surface area (Å²) in [7, 11) is 3.36. The van der Waals surface area contributed by atoms with Gasteiger partial charge in [0.05, 0.1) is 0 Å². The largest absolute Gasteiger partial charge is 0.473 e. The fourth-order valence-corrected chi connectivity index (χ4v) is 2.10. The number of amides is 1. The summed E-state index contributed by atoms with van der Waals surface area (Å²) in [4.78, 5) is 13.1. The highest BCUT2D eigenvalue weighted by Crippen LogP contribution is 2.21. The van der Waals surface area contributed by atoms with E-state index in [9.17, 15) is 4.79 Å². The Labute approximate surface area is 112 Å². The summed E-state index contributed by atoms with van der Waals surface area (Å²) in [5.74, 6) is 0.304. The van der Waals surface area contributed by atoms with Gasteiger partial charge >= 0.3 is 0 Å². The first kappa shape index (κ1) is 13.7. The smallest absolute Gasteiger partial charge is 0.273 e. The topological polar surface area (TPSA) is 81.3 Å². The average Bonchev–Trinajstić information content (AvgIpc) is 2.41. The number of nitrogens with two attached hydrogens (primary N) is 1. The number of hydrogen-bond acceptors (Lipinski definition) is 5. The summed E-state index contributed by atoms with van der Waals surface area (Å²) in [5.41, 5.74) is 6.17. The number of rotatable bonds is 3. The van der Waals surface area contributed by atoms with Crippen LogP contribution in [0.5, 0.6) is 5.88 Å². The number of aromatic nitrogens is 2. The van der Waals surface area contributed by atoms with Gasteiger partial charge in [-0.2, -0.15) is 0 Å². The van der Waals surface area contributed by atoms with Crippen molar-refractivity contribution in [1.82, 2.24) is 15.1 Å². The molecular formula is C13H20N4O2. The molecule has 1 aromatic heterocycles. The molecule has 19 heavy (non-hydrogen) atoms. The molecule has 1 amide bonds. The minimum Gasteiger partial charge on any atom is -0.473 e. The van der Waals surface area contributed by atoms with E-state index in [-0.39, 0.29) is 12.0 Å². The van der Waals surface area contributed by atoms with Gasteiger partial charge < -0.3 is 15.4 Å². The van der Waals surface area contributed by atoms with E-state index in [1.165, 1.54) is 4.90 Å². The van der Waals surface area contributed by atoms with Crippen molar-refractivity contribution in [2.24, 2.45) is 5.73 Å². The molecule has 2 N–H and O–H groups in total. The second kappa shape index (κ2) is 5.97. The molecule has 1 aliphatic rings. The zero-order chi connectivity index (χ0) is 13.8. The molecule has 0 saturated heterocycles. The second-order valence-electron chi connectivity index (χ2n) is 5.11. The maximum atomic E-state index is 11.7. The Morgan fingerprint density at radius 1 is 1.26 bits per heavy atom. The number of ether oxygens (including phenoxy) is 1. The molecule has 0 aromatic carbocycles. The van der Waals surface area contributed by atoms with Crippen LogP contribution in [-0.4, -0.2) is 47.2 Å². The Morgan fingerprint density at radius 2 is 1.95 bits per heavy atom. The molecule has 104 valence electrons. The second-order valence-corrected chi connectivity index (χ2v) is 5.11. The predicted octanol–water partition coefficient (Wildman–Crippen LogP) is 0.827. The van der Waals surface area contributed by atoms with Crippen molar-refractivity contribution >= 4 is 5.91 Å². The lowest BCUT2D eigenvalue weighted by molar-refractivity contribution is 0.0820. The molecule has 0 spiro atoms. The summed E-state index contributed by atoms with van der Waals surface area (Å²) in [6.07, 6.45) is 4.01. The van der Waals surface area contributed by atoms with Crippen LogP contribution in [0.3, 0.4) is 0 Å². The summed E-state index contributed by atoms with van der Waals surface area (Å²) >= 11 is 0. The van der Waals surface area contributed by atoms with Crippen molar-refractivity contribution in [1.29, 1.82) is 0 Å².